The predicted octanol–water partition coefficient (Wildman–Crippen LogP) is 3.19. The monoisotopic (exact) mass is 338 g/mol. The minimum atomic E-state index is -0.716. The molecule has 6 heteroatoms. The molecule has 1 aromatic carbocycles. The maximum absolute atomic E-state index is 10.6. The summed E-state index contributed by atoms with van der Waals surface area (Å²) in [6.45, 7) is 3.55. The Balaban J connectivity index is 1.51. The van der Waals surface area contributed by atoms with E-state index in [1.807, 2.05) is 12.1 Å². The standard InChI is InChI=1S/C17H23ClN2O3/c18-16-13(10-20-6-1-2-7-20)4-3-5-15(16)23-14-8-12(9-14)11-22-17(19)21/h3-5,12,14H,1-2,6-11H2,(H2,19,21)/t12-,14-. The molecule has 1 amide bonds. The van der Waals surface area contributed by atoms with Gasteiger partial charge in [-0.05, 0) is 50.4 Å². The lowest BCUT2D eigenvalue weighted by Crippen LogP contribution is -2.37. The average Bonchev–Trinajstić information content (AvgIpc) is 2.97. The fourth-order valence-electron chi connectivity index (χ4n) is 3.24. The zero-order valence-corrected chi connectivity index (χ0v) is 13.9. The molecule has 0 radical (unpaired) electrons. The lowest BCUT2D eigenvalue weighted by atomic mass is 9.83. The molecule has 3 rings (SSSR count). The molecule has 1 aliphatic carbocycles. The van der Waals surface area contributed by atoms with Gasteiger partial charge in [0.05, 0.1) is 17.7 Å². The van der Waals surface area contributed by atoms with Gasteiger partial charge in [-0.3, -0.25) is 4.90 Å². The van der Waals surface area contributed by atoms with Crippen molar-refractivity contribution in [1.82, 2.24) is 4.90 Å². The maximum Gasteiger partial charge on any atom is 0.404 e. The average molecular weight is 339 g/mol. The summed E-state index contributed by atoms with van der Waals surface area (Å²) in [5.41, 5.74) is 6.09. The summed E-state index contributed by atoms with van der Waals surface area (Å²) in [5.74, 6) is 1.08. The van der Waals surface area contributed by atoms with Gasteiger partial charge in [0.1, 0.15) is 5.75 Å². The molecular formula is C17H23ClN2O3. The number of hydrogen-bond donors (Lipinski definition) is 1. The van der Waals surface area contributed by atoms with E-state index in [9.17, 15) is 4.79 Å². The van der Waals surface area contributed by atoms with Crippen molar-refractivity contribution in [2.24, 2.45) is 11.7 Å². The largest absolute Gasteiger partial charge is 0.489 e. The first-order chi connectivity index (χ1) is 11.1. The Bertz CT molecular complexity index is 555. The fraction of sp³-hybridized carbons (Fsp3) is 0.588. The summed E-state index contributed by atoms with van der Waals surface area (Å²) in [6.07, 6.45) is 3.68. The van der Waals surface area contributed by atoms with Crippen LogP contribution in [0.25, 0.3) is 0 Å². The van der Waals surface area contributed by atoms with E-state index in [4.69, 9.17) is 26.8 Å². The normalized spacial score (nSPS) is 24.2. The molecule has 1 saturated heterocycles. The lowest BCUT2D eigenvalue weighted by molar-refractivity contribution is 0.0257. The molecule has 0 bridgehead atoms. The Hall–Kier alpha value is -1.46. The summed E-state index contributed by atoms with van der Waals surface area (Å²) in [6, 6.07) is 5.99. The van der Waals surface area contributed by atoms with Gasteiger partial charge in [-0.2, -0.15) is 0 Å². The van der Waals surface area contributed by atoms with Gasteiger partial charge in [0, 0.05) is 12.5 Å². The number of nitrogens with two attached hydrogens (primary N) is 1. The number of amides is 1. The van der Waals surface area contributed by atoms with E-state index in [-0.39, 0.29) is 6.10 Å². The second-order valence-corrected chi connectivity index (χ2v) is 6.80. The van der Waals surface area contributed by atoms with Gasteiger partial charge in [0.25, 0.3) is 0 Å². The fourth-order valence-corrected chi connectivity index (χ4v) is 3.47. The Kier molecular flexibility index (Phi) is 5.28. The van der Waals surface area contributed by atoms with Gasteiger partial charge in [0.15, 0.2) is 0 Å². The number of benzene rings is 1. The topological polar surface area (TPSA) is 64.8 Å². The van der Waals surface area contributed by atoms with Crippen molar-refractivity contribution in [2.45, 2.75) is 38.3 Å². The van der Waals surface area contributed by atoms with Gasteiger partial charge in [-0.15, -0.1) is 0 Å². The first-order valence-electron chi connectivity index (χ1n) is 8.20. The third-order valence-electron chi connectivity index (χ3n) is 4.58. The quantitative estimate of drug-likeness (QED) is 0.865. The van der Waals surface area contributed by atoms with Crippen molar-refractivity contribution in [3.05, 3.63) is 28.8 Å². The number of nitrogens with zero attached hydrogens (tertiary/aromatic N) is 1. The molecule has 2 aliphatic rings. The maximum atomic E-state index is 10.6. The number of carbonyl (C=O) groups excluding carboxylic acids is 1. The third kappa shape index (κ3) is 4.30. The number of halogens is 1. The minimum absolute atomic E-state index is 0.135. The highest BCUT2D eigenvalue weighted by Gasteiger charge is 2.32. The number of ether oxygens (including phenoxy) is 2. The minimum Gasteiger partial charge on any atom is -0.489 e. The van der Waals surface area contributed by atoms with Crippen molar-refractivity contribution in [3.63, 3.8) is 0 Å². The summed E-state index contributed by atoms with van der Waals surface area (Å²) in [7, 11) is 0. The van der Waals surface area contributed by atoms with Crippen molar-refractivity contribution in [2.75, 3.05) is 19.7 Å². The number of carbonyl (C=O) groups is 1. The molecule has 0 unspecified atom stereocenters. The molecule has 126 valence electrons. The molecular weight excluding hydrogens is 316 g/mol. The van der Waals surface area contributed by atoms with Crippen LogP contribution in [0.4, 0.5) is 4.79 Å². The van der Waals surface area contributed by atoms with Crippen LogP contribution in [0, 0.1) is 5.92 Å². The highest BCUT2D eigenvalue weighted by molar-refractivity contribution is 6.32. The van der Waals surface area contributed by atoms with Crippen molar-refractivity contribution < 1.29 is 14.3 Å². The Labute approximate surface area is 141 Å². The van der Waals surface area contributed by atoms with E-state index >= 15 is 0 Å². The van der Waals surface area contributed by atoms with E-state index in [2.05, 4.69) is 11.0 Å². The van der Waals surface area contributed by atoms with Crippen LogP contribution in [0.5, 0.6) is 5.75 Å². The van der Waals surface area contributed by atoms with Crippen molar-refractivity contribution in [3.8, 4) is 5.75 Å². The van der Waals surface area contributed by atoms with Gasteiger partial charge in [-0.25, -0.2) is 4.79 Å². The van der Waals surface area contributed by atoms with Gasteiger partial charge >= 0.3 is 6.09 Å². The van der Waals surface area contributed by atoms with E-state index < -0.39 is 6.09 Å². The molecule has 0 spiro atoms. The van der Waals surface area contributed by atoms with Crippen LogP contribution < -0.4 is 10.5 Å². The first-order valence-corrected chi connectivity index (χ1v) is 8.58. The molecule has 1 saturated carbocycles. The van der Waals surface area contributed by atoms with Crippen LogP contribution in [0.3, 0.4) is 0 Å². The van der Waals surface area contributed by atoms with E-state index in [0.29, 0.717) is 12.5 Å². The molecule has 0 atom stereocenters. The van der Waals surface area contributed by atoms with Gasteiger partial charge < -0.3 is 15.2 Å². The smallest absolute Gasteiger partial charge is 0.404 e. The highest BCUT2D eigenvalue weighted by Crippen LogP contribution is 2.36. The van der Waals surface area contributed by atoms with Crippen LogP contribution in [0.1, 0.15) is 31.2 Å². The summed E-state index contributed by atoms with van der Waals surface area (Å²) in [4.78, 5) is 13.0. The van der Waals surface area contributed by atoms with Crippen molar-refractivity contribution >= 4 is 17.7 Å². The molecule has 1 aliphatic heterocycles. The molecule has 1 aromatic rings. The van der Waals surface area contributed by atoms with Crippen LogP contribution in [-0.4, -0.2) is 36.8 Å². The van der Waals surface area contributed by atoms with Crippen LogP contribution in [-0.2, 0) is 11.3 Å². The molecule has 1 heterocycles. The van der Waals surface area contributed by atoms with E-state index in [1.165, 1.54) is 12.8 Å². The predicted molar refractivity (Wildman–Crippen MR) is 88.6 cm³/mol. The first kappa shape index (κ1) is 16.4. The molecule has 2 fully saturated rings. The molecule has 5 nitrogen and oxygen atoms in total. The lowest BCUT2D eigenvalue weighted by Gasteiger charge is -2.35. The summed E-state index contributed by atoms with van der Waals surface area (Å²) >= 11 is 6.51. The van der Waals surface area contributed by atoms with Crippen LogP contribution in [0.15, 0.2) is 18.2 Å². The number of likely N-dealkylation sites (tertiary alicyclic amines) is 1. The van der Waals surface area contributed by atoms with Crippen molar-refractivity contribution in [1.29, 1.82) is 0 Å². The number of primary amides is 1. The van der Waals surface area contributed by atoms with Gasteiger partial charge in [0.2, 0.25) is 0 Å². The summed E-state index contributed by atoms with van der Waals surface area (Å²) in [5, 5.41) is 0.719. The third-order valence-corrected chi connectivity index (χ3v) is 5.01. The Morgan fingerprint density at radius 2 is 2.04 bits per heavy atom. The number of hydrogen-bond acceptors (Lipinski definition) is 4. The molecule has 23 heavy (non-hydrogen) atoms. The Morgan fingerprint density at radius 1 is 1.30 bits per heavy atom. The molecule has 2 N–H and O–H groups in total. The zero-order chi connectivity index (χ0) is 16.2. The van der Waals surface area contributed by atoms with Crippen LogP contribution >= 0.6 is 11.6 Å². The highest BCUT2D eigenvalue weighted by atomic mass is 35.5. The van der Waals surface area contributed by atoms with Crippen LogP contribution in [0.2, 0.25) is 5.02 Å². The molecule has 0 aromatic heterocycles. The second kappa shape index (κ2) is 7.41. The zero-order valence-electron chi connectivity index (χ0n) is 13.2. The Morgan fingerprint density at radius 3 is 2.74 bits per heavy atom. The summed E-state index contributed by atoms with van der Waals surface area (Å²) < 4.78 is 10.8. The van der Waals surface area contributed by atoms with Gasteiger partial charge in [-0.1, -0.05) is 23.7 Å². The second-order valence-electron chi connectivity index (χ2n) is 6.42. The van der Waals surface area contributed by atoms with E-state index in [1.54, 1.807) is 0 Å². The number of rotatable bonds is 6. The SMILES string of the molecule is NC(=O)OC[C@H]1C[C@H](Oc2cccc(CN3CCCC3)c2Cl)C1. The van der Waals surface area contributed by atoms with E-state index in [0.717, 1.165) is 48.8 Å².